The van der Waals surface area contributed by atoms with Gasteiger partial charge in [-0.3, -0.25) is 4.99 Å². The van der Waals surface area contributed by atoms with Crippen LogP contribution < -0.4 is 20.3 Å². The molecule has 0 aromatic heterocycles. The van der Waals surface area contributed by atoms with E-state index < -0.39 is 0 Å². The van der Waals surface area contributed by atoms with Gasteiger partial charge in [-0.25, -0.2) is 0 Å². The average Bonchev–Trinajstić information content (AvgIpc) is 3.53. The molecule has 5 nitrogen and oxygen atoms in total. The monoisotopic (exact) mass is 943 g/mol. The molecule has 0 bridgehead atoms. The van der Waals surface area contributed by atoms with E-state index in [1.54, 1.807) is 0 Å². The second-order valence-electron chi connectivity index (χ2n) is 18.1. The summed E-state index contributed by atoms with van der Waals surface area (Å²) in [4.78, 5) is 9.04. The van der Waals surface area contributed by atoms with Gasteiger partial charge in [0.2, 0.25) is 0 Å². The van der Waals surface area contributed by atoms with Crippen LogP contribution in [0.15, 0.2) is 259 Å². The molecule has 2 aliphatic heterocycles. The van der Waals surface area contributed by atoms with E-state index in [4.69, 9.17) is 17.0 Å². The standard InChI is InChI=1S/C58H53N3O.C9H13N/c1-8-12-13-20-40(5)60-53-25-16-17-26-56(53)62-57-39-47(33-36-54(57)60)46-32-34-51-55(38-46)61(41(6)58(51)50-24-15-14-21-44(50)11-4)49-23-18-22-48(37-49)52(59-7)35-29-42-27-30-45(31-28-42)43(10-3)19-9-2;1-8-3-2-4-9(7-10)6-5-8/h8-28,30-39,50,58H,5-7,29H2,1-4H3;2,4-6H,3,7,10H2,1H3/b12-8-,19-9-,20-13-,43-10+,44-11-,52-35-;. The second-order valence-corrected chi connectivity index (χ2v) is 18.1. The van der Waals surface area contributed by atoms with Gasteiger partial charge >= 0.3 is 0 Å². The minimum atomic E-state index is 0.0417. The number of ether oxygens (including phenoxy) is 1. The van der Waals surface area contributed by atoms with Crippen molar-refractivity contribution in [1.82, 2.24) is 0 Å². The first-order chi connectivity index (χ1) is 35.2. The molecule has 0 saturated heterocycles. The number of allylic oxidation sites excluding steroid dienone is 20. The molecule has 4 aliphatic rings. The lowest BCUT2D eigenvalue weighted by Crippen LogP contribution is -2.19. The Morgan fingerprint density at radius 3 is 2.33 bits per heavy atom. The summed E-state index contributed by atoms with van der Waals surface area (Å²) in [5.74, 6) is 1.75. The van der Waals surface area contributed by atoms with Crippen molar-refractivity contribution in [2.24, 2.45) is 16.6 Å². The highest BCUT2D eigenvalue weighted by Crippen LogP contribution is 2.55. The number of nitrogens with two attached hydrogens (primary N) is 1. The maximum absolute atomic E-state index is 6.60. The zero-order valence-electron chi connectivity index (χ0n) is 42.4. The number of hydrogen-bond donors (Lipinski definition) is 1. The molecule has 2 unspecified atom stereocenters. The molecule has 9 rings (SSSR count). The van der Waals surface area contributed by atoms with Crippen molar-refractivity contribution in [3.63, 3.8) is 0 Å². The Hall–Kier alpha value is -8.25. The molecule has 0 spiro atoms. The van der Waals surface area contributed by atoms with E-state index in [1.807, 2.05) is 56.4 Å². The Balaban J connectivity index is 0.000000620. The zero-order chi connectivity index (χ0) is 50.6. The topological polar surface area (TPSA) is 54.1 Å². The van der Waals surface area contributed by atoms with Crippen LogP contribution in [-0.4, -0.2) is 13.3 Å². The third kappa shape index (κ3) is 11.0. The molecule has 2 aliphatic carbocycles. The third-order valence-electron chi connectivity index (χ3n) is 13.4. The number of nitrogens with zero attached hydrogens (tertiary/aromatic N) is 3. The van der Waals surface area contributed by atoms with Crippen LogP contribution in [0.25, 0.3) is 22.4 Å². The minimum Gasteiger partial charge on any atom is -0.453 e. The van der Waals surface area contributed by atoms with Gasteiger partial charge in [-0.15, -0.1) is 0 Å². The highest BCUT2D eigenvalue weighted by atomic mass is 16.5. The fourth-order valence-corrected chi connectivity index (χ4v) is 9.69. The normalized spacial score (nSPS) is 17.9. The number of para-hydroxylation sites is 2. The molecular weight excluding hydrogens is 877 g/mol. The number of rotatable bonds is 13. The summed E-state index contributed by atoms with van der Waals surface area (Å²) in [6, 6.07) is 38.7. The summed E-state index contributed by atoms with van der Waals surface area (Å²) in [7, 11) is 0. The SMILES string of the molecule is C=N/C(=C\Cc1ccc(C(/C=C\C)=C/C)cc1)c1cccc(N2C(=C)C(C3C=CC=C/C3=C/C)c3ccc(-c4ccc5c(c4)Oc4ccccc4N5C(=C)/C=C\C=C/C)cc32)c1.CC1=CC=C(CN)C=CC1. The molecule has 2 heterocycles. The second kappa shape index (κ2) is 23.6. The Morgan fingerprint density at radius 1 is 0.778 bits per heavy atom. The van der Waals surface area contributed by atoms with Crippen LogP contribution in [0, 0.1) is 5.92 Å². The number of anilines is 4. The number of hydrogen-bond acceptors (Lipinski definition) is 5. The lowest BCUT2D eigenvalue weighted by molar-refractivity contribution is 0.476. The Bertz CT molecular complexity index is 3210. The first-order valence-corrected chi connectivity index (χ1v) is 24.9. The van der Waals surface area contributed by atoms with E-state index in [0.29, 0.717) is 6.54 Å². The van der Waals surface area contributed by atoms with Crippen LogP contribution in [-0.2, 0) is 6.42 Å². The van der Waals surface area contributed by atoms with E-state index in [2.05, 4.69) is 219 Å². The van der Waals surface area contributed by atoms with Gasteiger partial charge in [-0.2, -0.15) is 0 Å². The van der Waals surface area contributed by atoms with Crippen molar-refractivity contribution in [2.75, 3.05) is 16.3 Å². The molecule has 0 fully saturated rings. The van der Waals surface area contributed by atoms with E-state index in [-0.39, 0.29) is 11.8 Å². The summed E-state index contributed by atoms with van der Waals surface area (Å²) in [6.07, 6.45) is 37.8. The summed E-state index contributed by atoms with van der Waals surface area (Å²) < 4.78 is 6.60. The molecule has 0 radical (unpaired) electrons. The smallest absolute Gasteiger partial charge is 0.152 e. The van der Waals surface area contributed by atoms with Crippen molar-refractivity contribution >= 4 is 40.7 Å². The summed E-state index contributed by atoms with van der Waals surface area (Å²) in [6.45, 7) is 24.3. The van der Waals surface area contributed by atoms with Crippen LogP contribution in [0.1, 0.15) is 69.2 Å². The molecule has 5 aromatic carbocycles. The van der Waals surface area contributed by atoms with E-state index in [1.165, 1.54) is 39.0 Å². The van der Waals surface area contributed by atoms with E-state index >= 15 is 0 Å². The molecule has 5 heteroatoms. The van der Waals surface area contributed by atoms with Gasteiger partial charge in [0, 0.05) is 41.0 Å². The number of aliphatic imine (C=N–C) groups is 1. The van der Waals surface area contributed by atoms with Gasteiger partial charge in [-0.05, 0) is 147 Å². The summed E-state index contributed by atoms with van der Waals surface area (Å²) in [5, 5.41) is 0. The van der Waals surface area contributed by atoms with Crippen molar-refractivity contribution in [1.29, 1.82) is 0 Å². The van der Waals surface area contributed by atoms with Gasteiger partial charge in [0.25, 0.3) is 0 Å². The largest absolute Gasteiger partial charge is 0.453 e. The lowest BCUT2D eigenvalue weighted by Gasteiger charge is -2.33. The highest BCUT2D eigenvalue weighted by molar-refractivity contribution is 5.87. The van der Waals surface area contributed by atoms with Crippen LogP contribution in [0.5, 0.6) is 11.5 Å². The van der Waals surface area contributed by atoms with Crippen molar-refractivity contribution in [2.45, 2.75) is 53.4 Å². The molecule has 0 amide bonds. The fraction of sp³-hybridized carbons (Fsp3) is 0.149. The van der Waals surface area contributed by atoms with Gasteiger partial charge in [0.1, 0.15) is 0 Å². The minimum absolute atomic E-state index is 0.0417. The predicted octanol–water partition coefficient (Wildman–Crippen LogP) is 17.7. The maximum Gasteiger partial charge on any atom is 0.152 e. The van der Waals surface area contributed by atoms with E-state index in [0.717, 1.165) is 80.9 Å². The Kier molecular flexibility index (Phi) is 16.4. The summed E-state index contributed by atoms with van der Waals surface area (Å²) >= 11 is 0. The molecular formula is C67H66N4O. The van der Waals surface area contributed by atoms with Crippen molar-refractivity contribution < 1.29 is 4.74 Å². The third-order valence-corrected chi connectivity index (χ3v) is 13.4. The molecule has 5 aromatic rings. The number of fused-ring (bicyclic) bond motifs is 3. The first kappa shape index (κ1) is 50.1. The van der Waals surface area contributed by atoms with Crippen LogP contribution in [0.4, 0.5) is 22.7 Å². The Morgan fingerprint density at radius 2 is 1.57 bits per heavy atom. The van der Waals surface area contributed by atoms with Gasteiger partial charge in [0.05, 0.1) is 22.8 Å². The fourth-order valence-electron chi connectivity index (χ4n) is 9.69. The summed E-state index contributed by atoms with van der Waals surface area (Å²) in [5.41, 5.74) is 24.1. The molecule has 2 N–H and O–H groups in total. The molecule has 360 valence electrons. The van der Waals surface area contributed by atoms with Crippen LogP contribution in [0.2, 0.25) is 0 Å². The van der Waals surface area contributed by atoms with Gasteiger partial charge < -0.3 is 20.3 Å². The first-order valence-electron chi connectivity index (χ1n) is 24.9. The van der Waals surface area contributed by atoms with Crippen molar-refractivity contribution in [3.05, 3.63) is 276 Å². The highest BCUT2D eigenvalue weighted by Gasteiger charge is 2.39. The predicted molar refractivity (Wildman–Crippen MR) is 310 cm³/mol. The Labute approximate surface area is 428 Å². The molecule has 2 atom stereocenters. The van der Waals surface area contributed by atoms with Crippen molar-refractivity contribution in [3.8, 4) is 22.6 Å². The van der Waals surface area contributed by atoms with Gasteiger partial charge in [-0.1, -0.05) is 183 Å². The number of benzene rings is 5. The quantitative estimate of drug-likeness (QED) is 0.0944. The van der Waals surface area contributed by atoms with Crippen LogP contribution >= 0.6 is 0 Å². The van der Waals surface area contributed by atoms with Crippen LogP contribution in [0.3, 0.4) is 0 Å². The lowest BCUT2D eigenvalue weighted by atomic mass is 9.78. The maximum atomic E-state index is 6.60. The molecule has 0 saturated carbocycles. The zero-order valence-corrected chi connectivity index (χ0v) is 42.4. The van der Waals surface area contributed by atoms with Gasteiger partial charge in [0.15, 0.2) is 11.5 Å². The van der Waals surface area contributed by atoms with E-state index in [9.17, 15) is 0 Å². The average molecular weight is 943 g/mol. The molecule has 72 heavy (non-hydrogen) atoms.